The van der Waals surface area contributed by atoms with Gasteiger partial charge < -0.3 is 9.84 Å². The van der Waals surface area contributed by atoms with E-state index in [0.717, 1.165) is 41.2 Å². The summed E-state index contributed by atoms with van der Waals surface area (Å²) in [4.78, 5) is 2.58. The molecule has 1 spiro atoms. The van der Waals surface area contributed by atoms with E-state index < -0.39 is 6.10 Å². The third-order valence-corrected chi connectivity index (χ3v) is 5.44. The molecular formula is C16H20BrNO2. The van der Waals surface area contributed by atoms with Crippen molar-refractivity contribution in [3.05, 3.63) is 28.2 Å². The Morgan fingerprint density at radius 3 is 2.90 bits per heavy atom. The monoisotopic (exact) mass is 337 g/mol. The van der Waals surface area contributed by atoms with Crippen LogP contribution in [0.4, 0.5) is 0 Å². The molecule has 0 bridgehead atoms. The number of hydrogen-bond donors (Lipinski definition) is 1. The van der Waals surface area contributed by atoms with Crippen molar-refractivity contribution in [1.82, 2.24) is 4.90 Å². The molecule has 1 saturated heterocycles. The molecule has 2 aliphatic heterocycles. The average molecular weight is 338 g/mol. The molecule has 2 fully saturated rings. The fourth-order valence-corrected chi connectivity index (χ4v) is 4.27. The molecule has 4 heteroatoms. The zero-order chi connectivity index (χ0) is 13.9. The standard InChI is InChI=1S/C16H20BrNO2/c1-10-7-16(9-18(10)12-3-4-12)8-14(19)13-5-2-11(17)6-15(13)20-16/h2,5-6,10,12,14,19H,3-4,7-9H2,1H3/t10?,14-,16?/m0/s1. The summed E-state index contributed by atoms with van der Waals surface area (Å²) >= 11 is 3.49. The molecule has 1 aliphatic carbocycles. The van der Waals surface area contributed by atoms with Gasteiger partial charge in [0, 0.05) is 41.5 Å². The van der Waals surface area contributed by atoms with Gasteiger partial charge in [-0.25, -0.2) is 0 Å². The van der Waals surface area contributed by atoms with Crippen LogP contribution >= 0.6 is 15.9 Å². The van der Waals surface area contributed by atoms with Gasteiger partial charge in [0.25, 0.3) is 0 Å². The van der Waals surface area contributed by atoms with Crippen molar-refractivity contribution >= 4 is 15.9 Å². The number of benzene rings is 1. The Hall–Kier alpha value is -0.580. The lowest BCUT2D eigenvalue weighted by molar-refractivity contribution is -0.00779. The largest absolute Gasteiger partial charge is 0.485 e. The van der Waals surface area contributed by atoms with Crippen molar-refractivity contribution in [1.29, 1.82) is 0 Å². The van der Waals surface area contributed by atoms with Crippen LogP contribution in [-0.2, 0) is 0 Å². The van der Waals surface area contributed by atoms with Gasteiger partial charge in [0.15, 0.2) is 0 Å². The van der Waals surface area contributed by atoms with Gasteiger partial charge in [0.05, 0.1) is 6.10 Å². The third-order valence-electron chi connectivity index (χ3n) is 4.95. The Balaban J connectivity index is 1.65. The maximum Gasteiger partial charge on any atom is 0.127 e. The van der Waals surface area contributed by atoms with Gasteiger partial charge >= 0.3 is 0 Å². The van der Waals surface area contributed by atoms with Crippen LogP contribution in [-0.4, -0.2) is 34.2 Å². The first-order chi connectivity index (χ1) is 9.56. The highest BCUT2D eigenvalue weighted by Crippen LogP contribution is 2.48. The minimum absolute atomic E-state index is 0.199. The van der Waals surface area contributed by atoms with E-state index in [9.17, 15) is 5.11 Å². The third kappa shape index (κ3) is 2.09. The van der Waals surface area contributed by atoms with Crippen molar-refractivity contribution in [2.45, 2.75) is 56.4 Å². The van der Waals surface area contributed by atoms with E-state index in [1.54, 1.807) is 0 Å². The lowest BCUT2D eigenvalue weighted by atomic mass is 9.87. The average Bonchev–Trinajstić information content (AvgIpc) is 3.15. The van der Waals surface area contributed by atoms with Crippen molar-refractivity contribution in [2.75, 3.05) is 6.54 Å². The molecule has 1 aromatic carbocycles. The van der Waals surface area contributed by atoms with Crippen molar-refractivity contribution in [3.8, 4) is 5.75 Å². The predicted octanol–water partition coefficient (Wildman–Crippen LogP) is 3.26. The predicted molar refractivity (Wildman–Crippen MR) is 80.9 cm³/mol. The van der Waals surface area contributed by atoms with Gasteiger partial charge in [-0.3, -0.25) is 4.90 Å². The highest BCUT2D eigenvalue weighted by atomic mass is 79.9. The molecule has 1 N–H and O–H groups in total. The second kappa shape index (κ2) is 4.46. The van der Waals surface area contributed by atoms with Crippen LogP contribution in [0.15, 0.2) is 22.7 Å². The van der Waals surface area contributed by atoms with Gasteiger partial charge in [0.2, 0.25) is 0 Å². The fraction of sp³-hybridized carbons (Fsp3) is 0.625. The van der Waals surface area contributed by atoms with E-state index in [0.29, 0.717) is 6.04 Å². The lowest BCUT2D eigenvalue weighted by Crippen LogP contribution is -2.44. The second-order valence-electron chi connectivity index (χ2n) is 6.64. The van der Waals surface area contributed by atoms with Crippen LogP contribution in [0.5, 0.6) is 5.75 Å². The van der Waals surface area contributed by atoms with E-state index in [1.807, 2.05) is 18.2 Å². The fourth-order valence-electron chi connectivity index (χ4n) is 3.93. The normalized spacial score (nSPS) is 37.0. The molecule has 2 unspecified atom stereocenters. The molecule has 20 heavy (non-hydrogen) atoms. The van der Waals surface area contributed by atoms with Gasteiger partial charge in [-0.2, -0.15) is 0 Å². The number of halogens is 1. The molecule has 0 amide bonds. The molecule has 3 nitrogen and oxygen atoms in total. The zero-order valence-electron chi connectivity index (χ0n) is 11.7. The summed E-state index contributed by atoms with van der Waals surface area (Å²) in [6.45, 7) is 3.25. The second-order valence-corrected chi connectivity index (χ2v) is 7.56. The molecule has 1 saturated carbocycles. The van der Waals surface area contributed by atoms with E-state index in [2.05, 4.69) is 27.8 Å². The molecule has 3 aliphatic rings. The van der Waals surface area contributed by atoms with Crippen LogP contribution < -0.4 is 4.74 Å². The summed E-state index contributed by atoms with van der Waals surface area (Å²) in [5.74, 6) is 0.850. The van der Waals surface area contributed by atoms with E-state index in [4.69, 9.17) is 4.74 Å². The number of likely N-dealkylation sites (tertiary alicyclic amines) is 1. The molecule has 4 rings (SSSR count). The van der Waals surface area contributed by atoms with Crippen LogP contribution in [0.25, 0.3) is 0 Å². The Labute approximate surface area is 128 Å². The topological polar surface area (TPSA) is 32.7 Å². The first-order valence-electron chi connectivity index (χ1n) is 7.49. The summed E-state index contributed by atoms with van der Waals surface area (Å²) in [7, 11) is 0. The number of ether oxygens (including phenoxy) is 1. The van der Waals surface area contributed by atoms with Crippen LogP contribution in [0.1, 0.15) is 44.3 Å². The highest BCUT2D eigenvalue weighted by Gasteiger charge is 2.51. The Kier molecular flexibility index (Phi) is 2.92. The van der Waals surface area contributed by atoms with Gasteiger partial charge in [-0.15, -0.1) is 0 Å². The zero-order valence-corrected chi connectivity index (χ0v) is 13.3. The smallest absolute Gasteiger partial charge is 0.127 e. The summed E-state index contributed by atoms with van der Waals surface area (Å²) < 4.78 is 7.38. The number of aliphatic hydroxyl groups excluding tert-OH is 1. The summed E-state index contributed by atoms with van der Waals surface area (Å²) in [5, 5.41) is 10.5. The molecule has 108 valence electrons. The van der Waals surface area contributed by atoms with Crippen LogP contribution in [0.3, 0.4) is 0 Å². The number of rotatable bonds is 1. The number of aliphatic hydroxyl groups is 1. The van der Waals surface area contributed by atoms with Crippen LogP contribution in [0.2, 0.25) is 0 Å². The van der Waals surface area contributed by atoms with E-state index >= 15 is 0 Å². The molecule has 2 heterocycles. The minimum Gasteiger partial charge on any atom is -0.485 e. The molecule has 3 atom stereocenters. The summed E-state index contributed by atoms with van der Waals surface area (Å²) in [6, 6.07) is 7.24. The van der Waals surface area contributed by atoms with Gasteiger partial charge in [-0.1, -0.05) is 22.0 Å². The Bertz CT molecular complexity index is 545. The van der Waals surface area contributed by atoms with Gasteiger partial charge in [-0.05, 0) is 31.9 Å². The summed E-state index contributed by atoms with van der Waals surface area (Å²) in [5.41, 5.74) is 0.728. The maximum atomic E-state index is 10.5. The highest BCUT2D eigenvalue weighted by molar-refractivity contribution is 9.10. The van der Waals surface area contributed by atoms with Crippen LogP contribution in [0, 0.1) is 0 Å². The number of nitrogens with zero attached hydrogens (tertiary/aromatic N) is 1. The van der Waals surface area contributed by atoms with E-state index in [-0.39, 0.29) is 5.60 Å². The first-order valence-corrected chi connectivity index (χ1v) is 8.28. The van der Waals surface area contributed by atoms with Gasteiger partial charge in [0.1, 0.15) is 11.4 Å². The SMILES string of the molecule is CC1CC2(C[C@H](O)c3ccc(Br)cc3O2)CN1C1CC1. The molecule has 1 aromatic rings. The number of fused-ring (bicyclic) bond motifs is 1. The minimum atomic E-state index is -0.404. The van der Waals surface area contributed by atoms with Crippen molar-refractivity contribution in [2.24, 2.45) is 0 Å². The Morgan fingerprint density at radius 1 is 1.35 bits per heavy atom. The molecule has 0 aromatic heterocycles. The van der Waals surface area contributed by atoms with Crippen molar-refractivity contribution in [3.63, 3.8) is 0 Å². The van der Waals surface area contributed by atoms with E-state index in [1.165, 1.54) is 12.8 Å². The first kappa shape index (κ1) is 13.1. The maximum absolute atomic E-state index is 10.5. The quantitative estimate of drug-likeness (QED) is 0.853. The Morgan fingerprint density at radius 2 is 2.15 bits per heavy atom. The van der Waals surface area contributed by atoms with Crippen molar-refractivity contribution < 1.29 is 9.84 Å². The lowest BCUT2D eigenvalue weighted by Gasteiger charge is -2.38. The molecule has 0 radical (unpaired) electrons. The summed E-state index contributed by atoms with van der Waals surface area (Å²) in [6.07, 6.45) is 3.98. The molecular weight excluding hydrogens is 318 g/mol. The number of hydrogen-bond acceptors (Lipinski definition) is 3.